The van der Waals surface area contributed by atoms with Crippen molar-refractivity contribution >= 4 is 23.3 Å². The molecule has 2 amide bonds. The molecule has 0 saturated heterocycles. The number of hydrogen-bond donors (Lipinski definition) is 1. The third-order valence-electron chi connectivity index (χ3n) is 2.27. The fourth-order valence-corrected chi connectivity index (χ4v) is 2.27. The number of urea groups is 1. The summed E-state index contributed by atoms with van der Waals surface area (Å²) in [5.41, 5.74) is 0. The van der Waals surface area contributed by atoms with Crippen LogP contribution in [-0.4, -0.2) is 53.2 Å². The van der Waals surface area contributed by atoms with Gasteiger partial charge in [-0.2, -0.15) is 13.2 Å². The maximum Gasteiger partial charge on any atom is 0.406 e. The number of hydrogen-bond acceptors (Lipinski definition) is 3. The predicted molar refractivity (Wildman–Crippen MR) is 66.4 cm³/mol. The van der Waals surface area contributed by atoms with Gasteiger partial charge in [0, 0.05) is 11.9 Å². The van der Waals surface area contributed by atoms with Crippen LogP contribution in [0.25, 0.3) is 0 Å². The van der Waals surface area contributed by atoms with E-state index in [1.807, 2.05) is 0 Å². The van der Waals surface area contributed by atoms with Crippen LogP contribution >= 0.6 is 11.3 Å². The molecule has 0 aliphatic rings. The van der Waals surface area contributed by atoms with Crippen molar-refractivity contribution in [2.24, 2.45) is 0 Å². The molecule has 1 heterocycles. The van der Waals surface area contributed by atoms with Gasteiger partial charge in [0.25, 0.3) is 0 Å². The first kappa shape index (κ1) is 16.3. The predicted octanol–water partition coefficient (Wildman–Crippen LogP) is 2.25. The third kappa shape index (κ3) is 5.47. The number of amides is 2. The summed E-state index contributed by atoms with van der Waals surface area (Å²) >= 11 is 1.36. The summed E-state index contributed by atoms with van der Waals surface area (Å²) in [5, 5.41) is 10.4. The maximum absolute atomic E-state index is 12.4. The van der Waals surface area contributed by atoms with Crippen LogP contribution in [0.5, 0.6) is 0 Å². The minimum atomic E-state index is -4.64. The summed E-state index contributed by atoms with van der Waals surface area (Å²) in [6, 6.07) is 2.51. The zero-order chi connectivity index (χ0) is 15.3. The number of carboxylic acids is 1. The normalized spacial score (nSPS) is 11.2. The molecule has 1 N–H and O–H groups in total. The van der Waals surface area contributed by atoms with Gasteiger partial charge in [0.1, 0.15) is 13.1 Å². The van der Waals surface area contributed by atoms with Crippen LogP contribution in [0.1, 0.15) is 4.88 Å². The Morgan fingerprint density at radius 2 is 2.05 bits per heavy atom. The van der Waals surface area contributed by atoms with Gasteiger partial charge in [0.05, 0.1) is 6.54 Å². The first-order valence-electron chi connectivity index (χ1n) is 5.50. The Morgan fingerprint density at radius 1 is 1.40 bits per heavy atom. The fourth-order valence-electron chi connectivity index (χ4n) is 1.52. The number of nitrogens with zero attached hydrogens (tertiary/aromatic N) is 2. The van der Waals surface area contributed by atoms with Gasteiger partial charge in [-0.1, -0.05) is 6.07 Å². The van der Waals surface area contributed by atoms with Crippen molar-refractivity contribution in [3.05, 3.63) is 22.4 Å². The first-order valence-corrected chi connectivity index (χ1v) is 6.38. The van der Waals surface area contributed by atoms with Gasteiger partial charge >= 0.3 is 18.2 Å². The zero-order valence-electron chi connectivity index (χ0n) is 10.6. The topological polar surface area (TPSA) is 60.9 Å². The van der Waals surface area contributed by atoms with Gasteiger partial charge < -0.3 is 14.9 Å². The molecule has 1 aromatic rings. The number of alkyl halides is 3. The van der Waals surface area contributed by atoms with E-state index in [0.29, 0.717) is 0 Å². The standard InChI is InChI=1S/C11H13F3N2O3S/c1-15(5-8-3-2-4-20-8)10(19)16(6-9(17)18)7-11(12,13)14/h2-4H,5-7H2,1H3,(H,17,18). The average Bonchev–Trinajstić information content (AvgIpc) is 2.77. The molecule has 9 heteroatoms. The van der Waals surface area contributed by atoms with E-state index < -0.39 is 31.3 Å². The number of halogens is 3. The van der Waals surface area contributed by atoms with Crippen molar-refractivity contribution in [1.82, 2.24) is 9.80 Å². The van der Waals surface area contributed by atoms with Crippen molar-refractivity contribution < 1.29 is 27.9 Å². The third-order valence-corrected chi connectivity index (χ3v) is 3.13. The molecule has 0 aliphatic carbocycles. The Morgan fingerprint density at radius 3 is 2.50 bits per heavy atom. The Bertz CT molecular complexity index is 462. The monoisotopic (exact) mass is 310 g/mol. The van der Waals surface area contributed by atoms with Gasteiger partial charge in [-0.15, -0.1) is 11.3 Å². The van der Waals surface area contributed by atoms with Crippen LogP contribution in [0, 0.1) is 0 Å². The molecule has 0 radical (unpaired) electrons. The van der Waals surface area contributed by atoms with E-state index in [1.165, 1.54) is 18.4 Å². The molecule has 0 fully saturated rings. The van der Waals surface area contributed by atoms with Crippen LogP contribution in [0.15, 0.2) is 17.5 Å². The second-order valence-electron chi connectivity index (χ2n) is 4.08. The molecule has 20 heavy (non-hydrogen) atoms. The molecular weight excluding hydrogens is 297 g/mol. The first-order chi connectivity index (χ1) is 9.19. The lowest BCUT2D eigenvalue weighted by molar-refractivity contribution is -0.149. The molecule has 0 bridgehead atoms. The van der Waals surface area contributed by atoms with E-state index in [-0.39, 0.29) is 11.4 Å². The summed E-state index contributed by atoms with van der Waals surface area (Å²) in [4.78, 5) is 24.5. The Balaban J connectivity index is 2.73. The molecule has 0 unspecified atom stereocenters. The second kappa shape index (κ2) is 6.60. The minimum Gasteiger partial charge on any atom is -0.480 e. The lowest BCUT2D eigenvalue weighted by atomic mass is 10.4. The van der Waals surface area contributed by atoms with Gasteiger partial charge in [0.2, 0.25) is 0 Å². The molecule has 0 aliphatic heterocycles. The van der Waals surface area contributed by atoms with E-state index in [9.17, 15) is 22.8 Å². The molecule has 5 nitrogen and oxygen atoms in total. The Kier molecular flexibility index (Phi) is 5.37. The van der Waals surface area contributed by atoms with Crippen molar-refractivity contribution in [3.63, 3.8) is 0 Å². The summed E-state index contributed by atoms with van der Waals surface area (Å²) in [6.45, 7) is -2.45. The van der Waals surface area contributed by atoms with Crippen LogP contribution in [-0.2, 0) is 11.3 Å². The van der Waals surface area contributed by atoms with Gasteiger partial charge in [-0.25, -0.2) is 4.79 Å². The largest absolute Gasteiger partial charge is 0.480 e. The van der Waals surface area contributed by atoms with Crippen molar-refractivity contribution in [2.45, 2.75) is 12.7 Å². The van der Waals surface area contributed by atoms with Gasteiger partial charge in [-0.3, -0.25) is 4.79 Å². The van der Waals surface area contributed by atoms with E-state index in [1.54, 1.807) is 17.5 Å². The molecular formula is C11H13F3N2O3S. The number of rotatable bonds is 5. The van der Waals surface area contributed by atoms with Gasteiger partial charge in [0.15, 0.2) is 0 Å². The highest BCUT2D eigenvalue weighted by Gasteiger charge is 2.35. The number of carboxylic acid groups (broad SMARTS) is 1. The van der Waals surface area contributed by atoms with Crippen molar-refractivity contribution in [2.75, 3.05) is 20.1 Å². The quantitative estimate of drug-likeness (QED) is 0.907. The van der Waals surface area contributed by atoms with E-state index in [2.05, 4.69) is 0 Å². The number of carbonyl (C=O) groups excluding carboxylic acids is 1. The van der Waals surface area contributed by atoms with Crippen LogP contribution in [0.4, 0.5) is 18.0 Å². The van der Waals surface area contributed by atoms with E-state index >= 15 is 0 Å². The highest BCUT2D eigenvalue weighted by atomic mass is 32.1. The van der Waals surface area contributed by atoms with Crippen LogP contribution in [0.2, 0.25) is 0 Å². The van der Waals surface area contributed by atoms with Crippen molar-refractivity contribution in [1.29, 1.82) is 0 Å². The SMILES string of the molecule is CN(Cc1cccs1)C(=O)N(CC(=O)O)CC(F)(F)F. The number of carbonyl (C=O) groups is 2. The van der Waals surface area contributed by atoms with Crippen LogP contribution in [0.3, 0.4) is 0 Å². The average molecular weight is 310 g/mol. The van der Waals surface area contributed by atoms with Gasteiger partial charge in [-0.05, 0) is 11.4 Å². The fraction of sp³-hybridized carbons (Fsp3) is 0.455. The number of thiophene rings is 1. The highest BCUT2D eigenvalue weighted by molar-refractivity contribution is 7.09. The van der Waals surface area contributed by atoms with E-state index in [0.717, 1.165) is 9.78 Å². The Hall–Kier alpha value is -1.77. The Labute approximate surface area is 117 Å². The summed E-state index contributed by atoms with van der Waals surface area (Å²) in [5.74, 6) is -1.49. The summed E-state index contributed by atoms with van der Waals surface area (Å²) in [6.07, 6.45) is -4.64. The molecule has 112 valence electrons. The highest BCUT2D eigenvalue weighted by Crippen LogP contribution is 2.18. The lowest BCUT2D eigenvalue weighted by Gasteiger charge is -2.27. The number of aliphatic carboxylic acids is 1. The summed E-state index contributed by atoms with van der Waals surface area (Å²) in [7, 11) is 1.33. The lowest BCUT2D eigenvalue weighted by Crippen LogP contribution is -2.47. The molecule has 0 aromatic carbocycles. The smallest absolute Gasteiger partial charge is 0.406 e. The summed E-state index contributed by atoms with van der Waals surface area (Å²) < 4.78 is 37.1. The molecule has 1 aromatic heterocycles. The molecule has 0 spiro atoms. The van der Waals surface area contributed by atoms with E-state index in [4.69, 9.17) is 5.11 Å². The molecule has 0 saturated carbocycles. The molecule has 1 rings (SSSR count). The van der Waals surface area contributed by atoms with Crippen LogP contribution < -0.4 is 0 Å². The van der Waals surface area contributed by atoms with Crippen molar-refractivity contribution in [3.8, 4) is 0 Å². The minimum absolute atomic E-state index is 0.129. The molecule has 0 atom stereocenters. The maximum atomic E-state index is 12.4. The zero-order valence-corrected chi connectivity index (χ0v) is 11.4. The second-order valence-corrected chi connectivity index (χ2v) is 5.12.